The van der Waals surface area contributed by atoms with Crippen molar-refractivity contribution in [1.82, 2.24) is 4.90 Å². The SMILES string of the molecule is C=C1C=CC=C(C(F)F)N1C(C)C.CC. The molecule has 1 aliphatic heterocycles. The van der Waals surface area contributed by atoms with E-state index in [-0.39, 0.29) is 11.7 Å². The molecule has 0 aromatic carbocycles. The van der Waals surface area contributed by atoms with Crippen LogP contribution in [0.3, 0.4) is 0 Å². The molecule has 0 aromatic rings. The summed E-state index contributed by atoms with van der Waals surface area (Å²) in [6.45, 7) is 11.4. The highest BCUT2D eigenvalue weighted by Crippen LogP contribution is 2.25. The lowest BCUT2D eigenvalue weighted by molar-refractivity contribution is 0.142. The van der Waals surface area contributed by atoms with Crippen LogP contribution in [0.25, 0.3) is 0 Å². The van der Waals surface area contributed by atoms with Crippen molar-refractivity contribution in [3.63, 3.8) is 0 Å². The van der Waals surface area contributed by atoms with E-state index in [0.717, 1.165) is 0 Å². The Morgan fingerprint density at radius 3 is 2.13 bits per heavy atom. The molecule has 0 saturated carbocycles. The molecular formula is C12H19F2N. The van der Waals surface area contributed by atoms with Crippen LogP contribution in [-0.2, 0) is 0 Å². The molecular weight excluding hydrogens is 196 g/mol. The number of nitrogens with zero attached hydrogens (tertiary/aromatic N) is 1. The van der Waals surface area contributed by atoms with Gasteiger partial charge in [0.15, 0.2) is 0 Å². The summed E-state index contributed by atoms with van der Waals surface area (Å²) >= 11 is 0. The maximum Gasteiger partial charge on any atom is 0.278 e. The first-order valence-corrected chi connectivity index (χ1v) is 5.18. The molecule has 1 heterocycles. The first kappa shape index (κ1) is 13.9. The van der Waals surface area contributed by atoms with Crippen LogP contribution in [0, 0.1) is 0 Å². The molecule has 0 spiro atoms. The average molecular weight is 215 g/mol. The highest BCUT2D eigenvalue weighted by atomic mass is 19.3. The minimum Gasteiger partial charge on any atom is -0.338 e. The molecule has 0 bridgehead atoms. The van der Waals surface area contributed by atoms with Crippen LogP contribution in [-0.4, -0.2) is 17.4 Å². The number of hydrogen-bond acceptors (Lipinski definition) is 1. The van der Waals surface area contributed by atoms with E-state index in [0.29, 0.717) is 5.70 Å². The molecule has 86 valence electrons. The summed E-state index contributed by atoms with van der Waals surface area (Å²) in [6.07, 6.45) is 2.32. The van der Waals surface area contributed by atoms with E-state index >= 15 is 0 Å². The van der Waals surface area contributed by atoms with Crippen molar-refractivity contribution < 1.29 is 8.78 Å². The monoisotopic (exact) mass is 215 g/mol. The smallest absolute Gasteiger partial charge is 0.278 e. The highest BCUT2D eigenvalue weighted by Gasteiger charge is 2.23. The van der Waals surface area contributed by atoms with Crippen LogP contribution < -0.4 is 0 Å². The molecule has 0 unspecified atom stereocenters. The molecule has 0 atom stereocenters. The van der Waals surface area contributed by atoms with Gasteiger partial charge in [-0.1, -0.05) is 26.5 Å². The Bertz CT molecular complexity index is 265. The van der Waals surface area contributed by atoms with E-state index in [9.17, 15) is 8.78 Å². The Morgan fingerprint density at radius 1 is 1.27 bits per heavy atom. The molecule has 0 amide bonds. The minimum atomic E-state index is -2.44. The predicted molar refractivity (Wildman–Crippen MR) is 60.7 cm³/mol. The third-order valence-corrected chi connectivity index (χ3v) is 1.88. The van der Waals surface area contributed by atoms with Crippen LogP contribution in [0.2, 0.25) is 0 Å². The standard InChI is InChI=1S/C10H13F2N.C2H6/c1-7(2)13-8(3)5-4-6-9(13)10(11)12;1-2/h4-7,10H,3H2,1-2H3;1-2H3. The quantitative estimate of drug-likeness (QED) is 0.674. The fraction of sp³-hybridized carbons (Fsp3) is 0.500. The largest absolute Gasteiger partial charge is 0.338 e. The van der Waals surface area contributed by atoms with Crippen LogP contribution in [0.4, 0.5) is 8.78 Å². The van der Waals surface area contributed by atoms with E-state index in [1.807, 2.05) is 27.7 Å². The van der Waals surface area contributed by atoms with E-state index in [1.165, 1.54) is 6.08 Å². The van der Waals surface area contributed by atoms with E-state index in [2.05, 4.69) is 6.58 Å². The van der Waals surface area contributed by atoms with Crippen molar-refractivity contribution in [3.05, 3.63) is 36.2 Å². The number of rotatable bonds is 2. The summed E-state index contributed by atoms with van der Waals surface area (Å²) in [6, 6.07) is 0.0118. The molecule has 3 heteroatoms. The molecule has 15 heavy (non-hydrogen) atoms. The summed E-state index contributed by atoms with van der Waals surface area (Å²) in [5, 5.41) is 0. The van der Waals surface area contributed by atoms with Crippen molar-refractivity contribution in [2.24, 2.45) is 0 Å². The highest BCUT2D eigenvalue weighted by molar-refractivity contribution is 5.32. The zero-order valence-electron chi connectivity index (χ0n) is 9.80. The van der Waals surface area contributed by atoms with Gasteiger partial charge in [-0.05, 0) is 26.0 Å². The van der Waals surface area contributed by atoms with Gasteiger partial charge in [0.05, 0.1) is 5.70 Å². The van der Waals surface area contributed by atoms with E-state index < -0.39 is 6.43 Å². The van der Waals surface area contributed by atoms with Crippen LogP contribution >= 0.6 is 0 Å². The molecule has 0 aromatic heterocycles. The van der Waals surface area contributed by atoms with E-state index in [1.54, 1.807) is 17.1 Å². The van der Waals surface area contributed by atoms with Crippen LogP contribution in [0.15, 0.2) is 36.2 Å². The van der Waals surface area contributed by atoms with Gasteiger partial charge >= 0.3 is 0 Å². The second-order valence-electron chi connectivity index (χ2n) is 3.21. The summed E-state index contributed by atoms with van der Waals surface area (Å²) in [5.41, 5.74) is 0.648. The Hall–Kier alpha value is -1.12. The molecule has 0 N–H and O–H groups in total. The summed E-state index contributed by atoms with van der Waals surface area (Å²) in [7, 11) is 0. The Morgan fingerprint density at radius 2 is 1.80 bits per heavy atom. The first-order chi connectivity index (χ1) is 7.04. The maximum atomic E-state index is 12.5. The number of halogens is 2. The van der Waals surface area contributed by atoms with Gasteiger partial charge in [0, 0.05) is 11.7 Å². The molecule has 0 aliphatic carbocycles. The Labute approximate surface area is 90.8 Å². The molecule has 1 aliphatic rings. The minimum absolute atomic E-state index is 0.0118. The third kappa shape index (κ3) is 3.50. The zero-order valence-corrected chi connectivity index (χ0v) is 9.80. The van der Waals surface area contributed by atoms with Gasteiger partial charge in [-0.3, -0.25) is 0 Å². The van der Waals surface area contributed by atoms with Crippen molar-refractivity contribution in [2.75, 3.05) is 0 Å². The topological polar surface area (TPSA) is 3.24 Å². The fourth-order valence-corrected chi connectivity index (χ4v) is 1.39. The van der Waals surface area contributed by atoms with Crippen LogP contribution in [0.5, 0.6) is 0 Å². The molecule has 0 saturated heterocycles. The molecule has 1 rings (SSSR count). The van der Waals surface area contributed by atoms with Crippen molar-refractivity contribution in [3.8, 4) is 0 Å². The summed E-state index contributed by atoms with van der Waals surface area (Å²) in [5.74, 6) is 0. The summed E-state index contributed by atoms with van der Waals surface area (Å²) < 4.78 is 25.0. The van der Waals surface area contributed by atoms with E-state index in [4.69, 9.17) is 0 Å². The fourth-order valence-electron chi connectivity index (χ4n) is 1.39. The van der Waals surface area contributed by atoms with Gasteiger partial charge in [-0.2, -0.15) is 0 Å². The molecule has 0 radical (unpaired) electrons. The third-order valence-electron chi connectivity index (χ3n) is 1.88. The van der Waals surface area contributed by atoms with Crippen molar-refractivity contribution >= 4 is 0 Å². The normalized spacial score (nSPS) is 15.3. The van der Waals surface area contributed by atoms with Crippen molar-refractivity contribution in [1.29, 1.82) is 0 Å². The number of alkyl halides is 2. The van der Waals surface area contributed by atoms with Gasteiger partial charge in [-0.15, -0.1) is 0 Å². The lowest BCUT2D eigenvalue weighted by Crippen LogP contribution is -2.32. The molecule has 1 nitrogen and oxygen atoms in total. The van der Waals surface area contributed by atoms with Gasteiger partial charge in [0.1, 0.15) is 0 Å². The Kier molecular flexibility index (Phi) is 5.90. The predicted octanol–water partition coefficient (Wildman–Crippen LogP) is 3.96. The van der Waals surface area contributed by atoms with Crippen LogP contribution in [0.1, 0.15) is 27.7 Å². The Balaban J connectivity index is 0.000000921. The number of hydrogen-bond donors (Lipinski definition) is 0. The zero-order chi connectivity index (χ0) is 12.0. The van der Waals surface area contributed by atoms with Gasteiger partial charge in [-0.25, -0.2) is 8.78 Å². The molecule has 0 fully saturated rings. The maximum absolute atomic E-state index is 12.5. The van der Waals surface area contributed by atoms with Gasteiger partial charge < -0.3 is 4.90 Å². The second-order valence-corrected chi connectivity index (χ2v) is 3.21. The second kappa shape index (κ2) is 6.38. The number of allylic oxidation sites excluding steroid dienone is 4. The lowest BCUT2D eigenvalue weighted by Gasteiger charge is -2.32. The summed E-state index contributed by atoms with van der Waals surface area (Å²) in [4.78, 5) is 1.55. The average Bonchev–Trinajstić information content (AvgIpc) is 2.19. The lowest BCUT2D eigenvalue weighted by atomic mass is 10.1. The van der Waals surface area contributed by atoms with Crippen molar-refractivity contribution in [2.45, 2.75) is 40.2 Å². The van der Waals surface area contributed by atoms with Gasteiger partial charge in [0.25, 0.3) is 6.43 Å². The first-order valence-electron chi connectivity index (χ1n) is 5.18. The van der Waals surface area contributed by atoms with Gasteiger partial charge in [0.2, 0.25) is 0 Å².